The highest BCUT2D eigenvalue weighted by atomic mass is 16.5. The van der Waals surface area contributed by atoms with Gasteiger partial charge in [0.15, 0.2) is 0 Å². The van der Waals surface area contributed by atoms with E-state index in [9.17, 15) is 19.2 Å². The largest absolute Gasteiger partial charge is 0.377 e. The molecule has 0 saturated heterocycles. The molecule has 0 aromatic heterocycles. The number of benzene rings is 2. The van der Waals surface area contributed by atoms with Crippen molar-refractivity contribution in [2.75, 3.05) is 39.5 Å². The predicted molar refractivity (Wildman–Crippen MR) is 114 cm³/mol. The van der Waals surface area contributed by atoms with Gasteiger partial charge in [-0.3, -0.25) is 29.0 Å². The normalized spacial score (nSPS) is 15.8. The average molecular weight is 436 g/mol. The van der Waals surface area contributed by atoms with E-state index in [4.69, 9.17) is 9.47 Å². The summed E-state index contributed by atoms with van der Waals surface area (Å²) >= 11 is 0. The van der Waals surface area contributed by atoms with Crippen molar-refractivity contribution < 1.29 is 28.7 Å². The van der Waals surface area contributed by atoms with Crippen LogP contribution in [-0.4, -0.2) is 72.9 Å². The van der Waals surface area contributed by atoms with E-state index < -0.39 is 0 Å². The van der Waals surface area contributed by atoms with Crippen molar-refractivity contribution in [1.29, 1.82) is 0 Å². The van der Waals surface area contributed by atoms with Gasteiger partial charge in [0.25, 0.3) is 11.8 Å². The zero-order valence-electron chi connectivity index (χ0n) is 17.6. The van der Waals surface area contributed by atoms with Crippen LogP contribution in [0.2, 0.25) is 0 Å². The smallest absolute Gasteiger partial charge is 0.260 e. The van der Waals surface area contributed by atoms with Gasteiger partial charge in [0.2, 0.25) is 11.8 Å². The quantitative estimate of drug-likeness (QED) is 0.437. The molecule has 4 amide bonds. The SMILES string of the molecule is O=C1Cc2ccccc2C(=O)N1CCOCCOCCN1C(=O)Cc2ccccc2C1=O. The number of imide groups is 2. The summed E-state index contributed by atoms with van der Waals surface area (Å²) in [4.78, 5) is 51.8. The monoisotopic (exact) mass is 436 g/mol. The first-order chi connectivity index (χ1) is 15.6. The molecule has 0 bridgehead atoms. The Labute approximate surface area is 185 Å². The fourth-order valence-electron chi connectivity index (χ4n) is 3.89. The number of amides is 4. The van der Waals surface area contributed by atoms with E-state index in [0.717, 1.165) is 11.1 Å². The van der Waals surface area contributed by atoms with Crippen LogP contribution in [0.3, 0.4) is 0 Å². The number of ether oxygens (including phenoxy) is 2. The maximum absolute atomic E-state index is 12.5. The molecule has 0 aliphatic carbocycles. The highest BCUT2D eigenvalue weighted by Crippen LogP contribution is 2.20. The second-order valence-corrected chi connectivity index (χ2v) is 7.59. The average Bonchev–Trinajstić information content (AvgIpc) is 2.79. The molecule has 0 radical (unpaired) electrons. The van der Waals surface area contributed by atoms with Gasteiger partial charge in [-0.05, 0) is 23.3 Å². The molecule has 2 aliphatic rings. The number of rotatable bonds is 9. The van der Waals surface area contributed by atoms with E-state index in [1.807, 2.05) is 12.1 Å². The lowest BCUT2D eigenvalue weighted by atomic mass is 9.99. The van der Waals surface area contributed by atoms with E-state index in [-0.39, 0.29) is 76.0 Å². The predicted octanol–water partition coefficient (Wildman–Crippen LogP) is 1.47. The Morgan fingerprint density at radius 3 is 1.44 bits per heavy atom. The summed E-state index contributed by atoms with van der Waals surface area (Å²) in [6, 6.07) is 14.2. The van der Waals surface area contributed by atoms with Gasteiger partial charge in [-0.25, -0.2) is 0 Å². The molecule has 2 heterocycles. The summed E-state index contributed by atoms with van der Waals surface area (Å²) in [6.45, 7) is 1.34. The Bertz CT molecular complexity index is 967. The Hall–Kier alpha value is -3.36. The van der Waals surface area contributed by atoms with Gasteiger partial charge in [0, 0.05) is 11.1 Å². The van der Waals surface area contributed by atoms with Crippen molar-refractivity contribution in [2.45, 2.75) is 12.8 Å². The Balaban J connectivity index is 1.14. The van der Waals surface area contributed by atoms with Gasteiger partial charge in [0.1, 0.15) is 0 Å². The highest BCUT2D eigenvalue weighted by Gasteiger charge is 2.31. The highest BCUT2D eigenvalue weighted by molar-refractivity contribution is 6.10. The van der Waals surface area contributed by atoms with Crippen LogP contribution in [0.4, 0.5) is 0 Å². The Morgan fingerprint density at radius 1 is 0.594 bits per heavy atom. The molecule has 0 unspecified atom stereocenters. The summed E-state index contributed by atoms with van der Waals surface area (Å²) in [5.74, 6) is -1.06. The lowest BCUT2D eigenvalue weighted by Crippen LogP contribution is -2.44. The first-order valence-electron chi connectivity index (χ1n) is 10.6. The van der Waals surface area contributed by atoms with Crippen LogP contribution < -0.4 is 0 Å². The van der Waals surface area contributed by atoms with E-state index >= 15 is 0 Å². The van der Waals surface area contributed by atoms with Crippen LogP contribution in [0, 0.1) is 0 Å². The first-order valence-corrected chi connectivity index (χ1v) is 10.6. The van der Waals surface area contributed by atoms with E-state index in [1.54, 1.807) is 36.4 Å². The molecule has 0 atom stereocenters. The maximum Gasteiger partial charge on any atom is 0.260 e. The van der Waals surface area contributed by atoms with Gasteiger partial charge in [-0.2, -0.15) is 0 Å². The molecule has 166 valence electrons. The van der Waals surface area contributed by atoms with Gasteiger partial charge < -0.3 is 9.47 Å². The van der Waals surface area contributed by atoms with Crippen LogP contribution in [0.25, 0.3) is 0 Å². The second kappa shape index (κ2) is 9.84. The minimum Gasteiger partial charge on any atom is -0.377 e. The summed E-state index contributed by atoms with van der Waals surface area (Å²) in [7, 11) is 0. The zero-order valence-corrected chi connectivity index (χ0v) is 17.6. The number of hydrogen-bond acceptors (Lipinski definition) is 6. The standard InChI is InChI=1S/C24H24N2O6/c27-21-15-17-5-1-3-7-19(17)23(29)25(21)9-11-31-13-14-32-12-10-26-22(28)16-18-6-2-4-8-20(18)24(26)30/h1-8H,9-16H2. The van der Waals surface area contributed by atoms with Crippen LogP contribution >= 0.6 is 0 Å². The fourth-order valence-corrected chi connectivity index (χ4v) is 3.89. The maximum atomic E-state index is 12.5. The molecular formula is C24H24N2O6. The number of nitrogens with zero attached hydrogens (tertiary/aromatic N) is 2. The molecule has 0 saturated carbocycles. The van der Waals surface area contributed by atoms with Crippen molar-refractivity contribution >= 4 is 23.6 Å². The lowest BCUT2D eigenvalue weighted by Gasteiger charge is -2.27. The van der Waals surface area contributed by atoms with Crippen LogP contribution in [-0.2, 0) is 31.9 Å². The molecular weight excluding hydrogens is 412 g/mol. The molecule has 2 aliphatic heterocycles. The first kappa shape index (κ1) is 21.9. The summed E-state index contributed by atoms with van der Waals surface area (Å²) in [5.41, 5.74) is 2.61. The molecule has 8 heteroatoms. The van der Waals surface area contributed by atoms with Gasteiger partial charge >= 0.3 is 0 Å². The van der Waals surface area contributed by atoms with Crippen molar-refractivity contribution in [2.24, 2.45) is 0 Å². The topological polar surface area (TPSA) is 93.2 Å². The molecule has 2 aromatic carbocycles. The number of hydrogen-bond donors (Lipinski definition) is 0. The third-order valence-electron chi connectivity index (χ3n) is 5.56. The van der Waals surface area contributed by atoms with E-state index in [2.05, 4.69) is 0 Å². The van der Waals surface area contributed by atoms with E-state index in [1.165, 1.54) is 9.80 Å². The molecule has 4 rings (SSSR count). The number of carbonyl (C=O) groups is 4. The third-order valence-corrected chi connectivity index (χ3v) is 5.56. The van der Waals surface area contributed by atoms with Gasteiger partial charge in [-0.1, -0.05) is 36.4 Å². The molecule has 0 spiro atoms. The van der Waals surface area contributed by atoms with Crippen molar-refractivity contribution in [3.63, 3.8) is 0 Å². The Morgan fingerprint density at radius 2 is 1.00 bits per heavy atom. The lowest BCUT2D eigenvalue weighted by molar-refractivity contribution is -0.130. The van der Waals surface area contributed by atoms with Gasteiger partial charge in [-0.15, -0.1) is 0 Å². The fraction of sp³-hybridized carbons (Fsp3) is 0.333. The summed E-state index contributed by atoms with van der Waals surface area (Å²) in [6.07, 6.45) is 0.423. The Kier molecular flexibility index (Phi) is 6.72. The molecule has 0 fully saturated rings. The van der Waals surface area contributed by atoms with Crippen LogP contribution in [0.5, 0.6) is 0 Å². The van der Waals surface area contributed by atoms with Crippen molar-refractivity contribution in [3.8, 4) is 0 Å². The molecule has 32 heavy (non-hydrogen) atoms. The van der Waals surface area contributed by atoms with Crippen LogP contribution in [0.1, 0.15) is 31.8 Å². The van der Waals surface area contributed by atoms with Crippen molar-refractivity contribution in [3.05, 3.63) is 70.8 Å². The van der Waals surface area contributed by atoms with Gasteiger partial charge in [0.05, 0.1) is 52.4 Å². The van der Waals surface area contributed by atoms with E-state index in [0.29, 0.717) is 11.1 Å². The summed E-state index contributed by atoms with van der Waals surface area (Å²) < 4.78 is 11.0. The number of fused-ring (bicyclic) bond motifs is 2. The minimum atomic E-state index is -0.297. The zero-order chi connectivity index (χ0) is 22.5. The number of carbonyl (C=O) groups excluding carboxylic acids is 4. The second-order valence-electron chi connectivity index (χ2n) is 7.59. The third kappa shape index (κ3) is 4.61. The molecule has 0 N–H and O–H groups in total. The molecule has 8 nitrogen and oxygen atoms in total. The molecule has 2 aromatic rings. The summed E-state index contributed by atoms with van der Waals surface area (Å²) in [5, 5.41) is 0. The van der Waals surface area contributed by atoms with Crippen molar-refractivity contribution in [1.82, 2.24) is 9.80 Å². The van der Waals surface area contributed by atoms with Crippen LogP contribution in [0.15, 0.2) is 48.5 Å². The minimum absolute atomic E-state index is 0.183.